The summed E-state index contributed by atoms with van der Waals surface area (Å²) < 4.78 is 14.2. The quantitative estimate of drug-likeness (QED) is 0.136. The van der Waals surface area contributed by atoms with Crippen molar-refractivity contribution in [2.75, 3.05) is 0 Å². The van der Waals surface area contributed by atoms with Gasteiger partial charge in [0.1, 0.15) is 0 Å². The molecule has 0 bridgehead atoms. The van der Waals surface area contributed by atoms with Crippen LogP contribution in [-0.4, -0.2) is 27.4 Å². The molecule has 0 spiro atoms. The highest BCUT2D eigenvalue weighted by Gasteiger charge is 2.22. The first kappa shape index (κ1) is 68.4. The third kappa shape index (κ3) is 11.3. The summed E-state index contributed by atoms with van der Waals surface area (Å²) in [6, 6.07) is 156. The minimum atomic E-state index is 1.15. The number of para-hydroxylation sites is 6. The van der Waals surface area contributed by atoms with Crippen molar-refractivity contribution in [2.45, 2.75) is 0 Å². The van der Waals surface area contributed by atoms with Crippen molar-refractivity contribution in [2.24, 2.45) is 0 Å². The van der Waals surface area contributed by atoms with E-state index in [1.54, 1.807) is 0 Å². The Balaban J connectivity index is 0.000000103. The highest BCUT2D eigenvalue weighted by Crippen LogP contribution is 2.43. The van der Waals surface area contributed by atoms with Gasteiger partial charge in [-0.1, -0.05) is 255 Å². The first-order valence-electron chi connectivity index (χ1n) is 41.2. The number of benzene rings is 20. The molecule has 0 N–H and O–H groups in total. The number of hydrogen-bond acceptors (Lipinski definition) is 0. The molecule has 6 heteroatoms. The second-order valence-electron chi connectivity index (χ2n) is 31.7. The van der Waals surface area contributed by atoms with Crippen LogP contribution in [-0.2, 0) is 0 Å². The van der Waals surface area contributed by atoms with Crippen molar-refractivity contribution >= 4 is 163 Å². The summed E-state index contributed by atoms with van der Waals surface area (Å²) in [5, 5.41) is 26.7. The zero-order valence-corrected chi connectivity index (χ0v) is 65.4. The highest BCUT2D eigenvalue weighted by atomic mass is 15.0. The van der Waals surface area contributed by atoms with Crippen molar-refractivity contribution in [1.29, 1.82) is 0 Å². The molecule has 0 saturated carbocycles. The molecule has 120 heavy (non-hydrogen) atoms. The van der Waals surface area contributed by atoms with Gasteiger partial charge in [0.15, 0.2) is 0 Å². The molecule has 0 unspecified atom stereocenters. The molecule has 0 saturated heterocycles. The number of fused-ring (bicyclic) bond motifs is 21. The Hall–Kier alpha value is -16.0. The Bertz CT molecular complexity index is 8590. The lowest BCUT2D eigenvalue weighted by molar-refractivity contribution is 1.13. The Morgan fingerprint density at radius 3 is 0.808 bits per heavy atom. The third-order valence-electron chi connectivity index (χ3n) is 24.9. The molecule has 0 aliphatic rings. The van der Waals surface area contributed by atoms with Gasteiger partial charge >= 0.3 is 0 Å². The normalized spacial score (nSPS) is 11.8. The monoisotopic (exact) mass is 1530 g/mol. The van der Waals surface area contributed by atoms with Crippen LogP contribution in [0.2, 0.25) is 0 Å². The van der Waals surface area contributed by atoms with E-state index in [0.29, 0.717) is 0 Å². The van der Waals surface area contributed by atoms with Gasteiger partial charge < -0.3 is 27.4 Å². The van der Waals surface area contributed by atoms with E-state index in [1.807, 2.05) is 0 Å². The van der Waals surface area contributed by atoms with Crippen LogP contribution in [0.1, 0.15) is 0 Å². The molecule has 0 fully saturated rings. The lowest BCUT2D eigenvalue weighted by atomic mass is 9.98. The Labute approximate surface area is 691 Å². The maximum Gasteiger partial charge on any atom is 0.0635 e. The predicted molar refractivity (Wildman–Crippen MR) is 509 cm³/mol. The van der Waals surface area contributed by atoms with E-state index in [9.17, 15) is 0 Å². The van der Waals surface area contributed by atoms with E-state index in [1.165, 1.54) is 208 Å². The van der Waals surface area contributed by atoms with Crippen molar-refractivity contribution in [3.63, 3.8) is 0 Å². The van der Waals surface area contributed by atoms with Gasteiger partial charge in [0, 0.05) is 101 Å². The van der Waals surface area contributed by atoms with E-state index in [4.69, 9.17) is 0 Å². The summed E-state index contributed by atoms with van der Waals surface area (Å²) in [5.74, 6) is 0. The van der Waals surface area contributed by atoms with E-state index < -0.39 is 0 Å². The number of aromatic nitrogens is 6. The molecule has 0 atom stereocenters. The van der Waals surface area contributed by atoms with Gasteiger partial charge in [-0.05, 0) is 263 Å². The van der Waals surface area contributed by atoms with Crippen LogP contribution in [0.15, 0.2) is 449 Å². The molecule has 0 amide bonds. The Morgan fingerprint density at radius 2 is 0.408 bits per heavy atom. The fraction of sp³-hybridized carbons (Fsp3) is 0. The predicted octanol–water partition coefficient (Wildman–Crippen LogP) is 30.4. The van der Waals surface area contributed by atoms with Gasteiger partial charge in [0.05, 0.1) is 49.7 Å². The molecule has 6 heterocycles. The molecule has 26 aromatic rings. The van der Waals surface area contributed by atoms with Gasteiger partial charge in [0.25, 0.3) is 0 Å². The van der Waals surface area contributed by atoms with Crippen LogP contribution in [0.4, 0.5) is 0 Å². The van der Waals surface area contributed by atoms with Crippen molar-refractivity contribution < 1.29 is 0 Å². The van der Waals surface area contributed by atoms with E-state index in [-0.39, 0.29) is 0 Å². The summed E-state index contributed by atoms with van der Waals surface area (Å²) in [6.45, 7) is 0. The molecule has 0 aliphatic heterocycles. The maximum absolute atomic E-state index is 2.41. The first-order chi connectivity index (χ1) is 59.5. The fourth-order valence-corrected chi connectivity index (χ4v) is 19.2. The van der Waals surface area contributed by atoms with E-state index >= 15 is 0 Å². The van der Waals surface area contributed by atoms with Gasteiger partial charge in [-0.25, -0.2) is 0 Å². The van der Waals surface area contributed by atoms with Crippen molar-refractivity contribution in [1.82, 2.24) is 27.4 Å². The average molecular weight is 1530 g/mol. The first-order valence-corrected chi connectivity index (χ1v) is 41.2. The summed E-state index contributed by atoms with van der Waals surface area (Å²) in [6.07, 6.45) is 6.62. The van der Waals surface area contributed by atoms with Crippen molar-refractivity contribution in [3.8, 4) is 56.4 Å². The Kier molecular flexibility index (Phi) is 15.9. The number of hydrogen-bond donors (Lipinski definition) is 0. The molecule has 0 radical (unpaired) electrons. The molecule has 20 aromatic carbocycles. The third-order valence-corrected chi connectivity index (χ3v) is 24.9. The second kappa shape index (κ2) is 27.9. The molecule has 26 rings (SSSR count). The number of nitrogens with zero attached hydrogens (tertiary/aromatic N) is 6. The summed E-state index contributed by atoms with van der Waals surface area (Å²) in [5.41, 5.74) is 23.0. The van der Waals surface area contributed by atoms with Gasteiger partial charge in [0.2, 0.25) is 0 Å². The van der Waals surface area contributed by atoms with Crippen LogP contribution < -0.4 is 0 Å². The van der Waals surface area contributed by atoms with Gasteiger partial charge in [-0.3, -0.25) is 0 Å². The van der Waals surface area contributed by atoms with Crippen molar-refractivity contribution in [3.05, 3.63) is 449 Å². The lowest BCUT2D eigenvalue weighted by Crippen LogP contribution is -1.95. The summed E-state index contributed by atoms with van der Waals surface area (Å²) in [4.78, 5) is 0. The molecular formula is C114H74N6. The van der Waals surface area contributed by atoms with Gasteiger partial charge in [-0.15, -0.1) is 0 Å². The van der Waals surface area contributed by atoms with E-state index in [2.05, 4.69) is 477 Å². The van der Waals surface area contributed by atoms with E-state index in [0.717, 1.165) is 11.4 Å². The molecule has 0 aliphatic carbocycles. The van der Waals surface area contributed by atoms with Crippen LogP contribution in [0.5, 0.6) is 0 Å². The zero-order valence-electron chi connectivity index (χ0n) is 65.4. The van der Waals surface area contributed by atoms with Crippen LogP contribution in [0, 0.1) is 0 Å². The Morgan fingerprint density at radius 1 is 0.125 bits per heavy atom. The number of rotatable bonds is 8. The van der Waals surface area contributed by atoms with Gasteiger partial charge in [-0.2, -0.15) is 0 Å². The fourth-order valence-electron chi connectivity index (χ4n) is 19.2. The second-order valence-corrected chi connectivity index (χ2v) is 31.7. The summed E-state index contributed by atoms with van der Waals surface area (Å²) in [7, 11) is 0. The molecule has 6 aromatic heterocycles. The van der Waals surface area contributed by atoms with Crippen LogP contribution >= 0.6 is 0 Å². The standard InChI is InChI=1S/2C40H26N2.C34H22N2/c1-2-12-33(13-3-1)42-39-16-7-6-15-35(39)36-19-20-38-37(40(36)42)21-22-41(38)34-14-8-11-29(26-34)30-17-18-31-23-27-9-4-5-10-28(27)24-32(31)25-30;1-2-10-34(11-3-1)42-39-13-7-6-12-35(39)36-20-21-38-37(40(36)42)22-23-41(38)33-18-16-27(17-19-33)30-14-15-31-24-28-8-4-5-9-29(28)25-32(31)26-30;1-2-10-27(11-3-1)36-33-13-7-6-12-29(33)30-16-17-32-31(34(30)36)18-19-35(32)28-15-14-25-20-23-8-4-5-9-24(23)21-26(25)22-28/h2*1-26H;1-22H. The average Bonchev–Trinajstić information content (AvgIpc) is 1.57. The lowest BCUT2D eigenvalue weighted by Gasteiger charge is -2.11. The molecule has 560 valence electrons. The SMILES string of the molecule is c1ccc(-n2c3ccccc3c3ccc4c(ccn4-c4ccc(-c5ccc6cc7ccccc7cc6c5)cc4)c32)cc1.c1ccc(-n2c3ccccc3c3ccc4c(ccn4-c4ccc5cc6ccccc6cc5c4)c32)cc1.c1ccc(-n2c3ccccc3c3ccc4c(ccn4-c4cccc(-c5ccc6cc7ccccc7cc6c5)c4)c32)cc1. The zero-order chi connectivity index (χ0) is 78.9. The van der Waals surface area contributed by atoms with Crippen LogP contribution in [0.25, 0.3) is 219 Å². The minimum Gasteiger partial charge on any atom is -0.316 e. The topological polar surface area (TPSA) is 29.6 Å². The largest absolute Gasteiger partial charge is 0.316 e. The highest BCUT2D eigenvalue weighted by molar-refractivity contribution is 6.21. The smallest absolute Gasteiger partial charge is 0.0635 e. The molecular weight excluding hydrogens is 1450 g/mol. The maximum atomic E-state index is 2.41. The summed E-state index contributed by atoms with van der Waals surface area (Å²) >= 11 is 0. The van der Waals surface area contributed by atoms with Crippen LogP contribution in [0.3, 0.4) is 0 Å². The molecule has 6 nitrogen and oxygen atoms in total. The minimum absolute atomic E-state index is 1.15.